The van der Waals surface area contributed by atoms with Crippen LogP contribution in [0.1, 0.15) is 27.2 Å². The molecule has 1 saturated heterocycles. The molecule has 0 amide bonds. The van der Waals surface area contributed by atoms with Crippen LogP contribution in [0.4, 0.5) is 0 Å². The van der Waals surface area contributed by atoms with Crippen LogP contribution in [0.25, 0.3) is 21.5 Å². The molecule has 0 N–H and O–H groups in total. The smallest absolute Gasteiger partial charge is 0.292 e. The van der Waals surface area contributed by atoms with E-state index in [4.69, 9.17) is 9.47 Å². The lowest BCUT2D eigenvalue weighted by atomic mass is 10.1. The van der Waals surface area contributed by atoms with Gasteiger partial charge < -0.3 is 9.47 Å². The number of aryl methyl sites for hydroxylation is 1. The molecule has 3 aromatic heterocycles. The minimum atomic E-state index is -0.301. The first kappa shape index (κ1) is 17.4. The molecule has 0 radical (unpaired) electrons. The molecule has 0 unspecified atom stereocenters. The largest absolute Gasteiger partial charge is 0.350 e. The minimum absolute atomic E-state index is 0.134. The highest BCUT2D eigenvalue weighted by molar-refractivity contribution is 7.13. The van der Waals surface area contributed by atoms with Crippen LogP contribution in [0.3, 0.4) is 0 Å². The highest BCUT2D eigenvalue weighted by Crippen LogP contribution is 2.30. The van der Waals surface area contributed by atoms with Crippen LogP contribution in [0.2, 0.25) is 0 Å². The second kappa shape index (κ2) is 6.61. The number of hydrogen-bond acceptors (Lipinski definition) is 6. The second-order valence-electron chi connectivity index (χ2n) is 7.30. The molecule has 0 saturated carbocycles. The maximum absolute atomic E-state index is 13.1. The summed E-state index contributed by atoms with van der Waals surface area (Å²) in [5.74, 6) is 0. The Kier molecular flexibility index (Phi) is 4.42. The third-order valence-corrected chi connectivity index (χ3v) is 5.22. The van der Waals surface area contributed by atoms with Gasteiger partial charge in [0.2, 0.25) is 0 Å². The lowest BCUT2D eigenvalue weighted by Gasteiger charge is -2.20. The quantitative estimate of drug-likeness (QED) is 0.702. The molecule has 26 heavy (non-hydrogen) atoms. The summed E-state index contributed by atoms with van der Waals surface area (Å²) in [5, 5.41) is 11.9. The summed E-state index contributed by atoms with van der Waals surface area (Å²) in [6.45, 7) is 7.75. The Hall–Kier alpha value is -2.03. The number of rotatable bonds is 4. The molecular formula is C18H22N4O3S. The molecule has 0 spiro atoms. The van der Waals surface area contributed by atoms with Crippen LogP contribution in [0.15, 0.2) is 28.5 Å². The molecule has 1 aliphatic heterocycles. The van der Waals surface area contributed by atoms with Crippen molar-refractivity contribution in [3.63, 3.8) is 0 Å². The summed E-state index contributed by atoms with van der Waals surface area (Å²) in [4.78, 5) is 14.2. The van der Waals surface area contributed by atoms with Crippen molar-refractivity contribution in [2.24, 2.45) is 0 Å². The zero-order chi connectivity index (χ0) is 18.3. The first-order valence-electron chi connectivity index (χ1n) is 8.71. The van der Waals surface area contributed by atoms with E-state index in [0.29, 0.717) is 31.7 Å². The molecule has 3 aromatic rings. The van der Waals surface area contributed by atoms with Gasteiger partial charge in [-0.2, -0.15) is 10.2 Å². The first-order chi connectivity index (χ1) is 12.4. The van der Waals surface area contributed by atoms with Crippen LogP contribution in [0.5, 0.6) is 0 Å². The SMILES string of the molecule is CC(C)(C)n1ncc2c(-c3cccs3)nn(CCC3OCCO3)c(=O)c21. The highest BCUT2D eigenvalue weighted by Gasteiger charge is 2.24. The van der Waals surface area contributed by atoms with Gasteiger partial charge in [-0.1, -0.05) is 6.07 Å². The summed E-state index contributed by atoms with van der Waals surface area (Å²) in [6, 6.07) is 4.00. The van der Waals surface area contributed by atoms with Gasteiger partial charge in [-0.3, -0.25) is 9.48 Å². The predicted octanol–water partition coefficient (Wildman–Crippen LogP) is 2.84. The fourth-order valence-electron chi connectivity index (χ4n) is 3.13. The molecule has 138 valence electrons. The van der Waals surface area contributed by atoms with Crippen molar-refractivity contribution in [2.45, 2.75) is 45.6 Å². The van der Waals surface area contributed by atoms with E-state index < -0.39 is 0 Å². The fourth-order valence-corrected chi connectivity index (χ4v) is 3.85. The Morgan fingerprint density at radius 3 is 2.73 bits per heavy atom. The fraction of sp³-hybridized carbons (Fsp3) is 0.500. The van der Waals surface area contributed by atoms with E-state index in [1.807, 2.05) is 38.3 Å². The number of aromatic nitrogens is 4. The van der Waals surface area contributed by atoms with E-state index >= 15 is 0 Å². The van der Waals surface area contributed by atoms with E-state index in [2.05, 4.69) is 10.2 Å². The van der Waals surface area contributed by atoms with E-state index in [9.17, 15) is 4.79 Å². The third-order valence-electron chi connectivity index (χ3n) is 4.34. The normalized spacial score (nSPS) is 16.0. The summed E-state index contributed by atoms with van der Waals surface area (Å²) in [5.41, 5.74) is 0.943. The number of ether oxygens (including phenoxy) is 2. The molecule has 7 nitrogen and oxygen atoms in total. The minimum Gasteiger partial charge on any atom is -0.350 e. The van der Waals surface area contributed by atoms with Crippen molar-refractivity contribution in [3.05, 3.63) is 34.1 Å². The average molecular weight is 374 g/mol. The van der Waals surface area contributed by atoms with Crippen LogP contribution in [0, 0.1) is 0 Å². The summed E-state index contributed by atoms with van der Waals surface area (Å²) in [6.07, 6.45) is 2.07. The van der Waals surface area contributed by atoms with E-state index in [1.54, 1.807) is 22.2 Å². The monoisotopic (exact) mass is 374 g/mol. The Bertz CT molecular complexity index is 963. The van der Waals surface area contributed by atoms with Crippen molar-refractivity contribution in [3.8, 4) is 10.6 Å². The van der Waals surface area contributed by atoms with Gasteiger partial charge >= 0.3 is 0 Å². The summed E-state index contributed by atoms with van der Waals surface area (Å²) >= 11 is 1.60. The lowest BCUT2D eigenvalue weighted by Crippen LogP contribution is -2.31. The first-order valence-corrected chi connectivity index (χ1v) is 9.59. The van der Waals surface area contributed by atoms with Crippen LogP contribution in [-0.4, -0.2) is 39.1 Å². The Labute approximate surface area is 155 Å². The Morgan fingerprint density at radius 2 is 2.08 bits per heavy atom. The van der Waals surface area contributed by atoms with Gasteiger partial charge in [0.15, 0.2) is 6.29 Å². The van der Waals surface area contributed by atoms with Gasteiger partial charge in [-0.05, 0) is 32.2 Å². The van der Waals surface area contributed by atoms with Crippen molar-refractivity contribution < 1.29 is 9.47 Å². The molecule has 4 rings (SSSR count). The summed E-state index contributed by atoms with van der Waals surface area (Å²) < 4.78 is 14.3. The van der Waals surface area contributed by atoms with E-state index in [1.165, 1.54) is 4.68 Å². The molecule has 0 aromatic carbocycles. The number of nitrogens with zero attached hydrogens (tertiary/aromatic N) is 4. The van der Waals surface area contributed by atoms with Crippen LogP contribution < -0.4 is 5.56 Å². The number of hydrogen-bond donors (Lipinski definition) is 0. The topological polar surface area (TPSA) is 71.2 Å². The van der Waals surface area contributed by atoms with Crippen molar-refractivity contribution in [2.75, 3.05) is 13.2 Å². The van der Waals surface area contributed by atoms with Crippen molar-refractivity contribution in [1.82, 2.24) is 19.6 Å². The summed E-state index contributed by atoms with van der Waals surface area (Å²) in [7, 11) is 0. The zero-order valence-corrected chi connectivity index (χ0v) is 16.0. The zero-order valence-electron chi connectivity index (χ0n) is 15.1. The van der Waals surface area contributed by atoms with Gasteiger partial charge in [0.1, 0.15) is 11.2 Å². The van der Waals surface area contributed by atoms with Gasteiger partial charge in [-0.25, -0.2) is 4.68 Å². The Balaban J connectivity index is 1.85. The molecule has 0 aliphatic carbocycles. The molecular weight excluding hydrogens is 352 g/mol. The van der Waals surface area contributed by atoms with Crippen LogP contribution in [-0.2, 0) is 21.6 Å². The maximum Gasteiger partial charge on any atom is 0.292 e. The van der Waals surface area contributed by atoms with Gasteiger partial charge in [0.05, 0.1) is 35.2 Å². The van der Waals surface area contributed by atoms with E-state index in [0.717, 1.165) is 16.0 Å². The predicted molar refractivity (Wildman–Crippen MR) is 100 cm³/mol. The van der Waals surface area contributed by atoms with Gasteiger partial charge in [0, 0.05) is 13.0 Å². The molecule has 1 aliphatic rings. The van der Waals surface area contributed by atoms with Crippen molar-refractivity contribution in [1.29, 1.82) is 0 Å². The van der Waals surface area contributed by atoms with Crippen LogP contribution >= 0.6 is 11.3 Å². The van der Waals surface area contributed by atoms with Gasteiger partial charge in [-0.15, -0.1) is 11.3 Å². The second-order valence-corrected chi connectivity index (χ2v) is 8.25. The van der Waals surface area contributed by atoms with Crippen molar-refractivity contribution >= 4 is 22.2 Å². The molecule has 0 atom stereocenters. The van der Waals surface area contributed by atoms with Gasteiger partial charge in [0.25, 0.3) is 5.56 Å². The lowest BCUT2D eigenvalue weighted by molar-refractivity contribution is -0.0497. The Morgan fingerprint density at radius 1 is 1.31 bits per heavy atom. The molecule has 1 fully saturated rings. The highest BCUT2D eigenvalue weighted by atomic mass is 32.1. The standard InChI is InChI=1S/C18H22N4O3S/c1-18(2,3)22-16-12(11-19-22)15(13-5-4-10-26-13)20-21(17(16)23)7-6-14-24-8-9-25-14/h4-5,10-11,14H,6-9H2,1-3H3. The molecule has 0 bridgehead atoms. The molecule has 4 heterocycles. The van der Waals surface area contributed by atoms with E-state index in [-0.39, 0.29) is 17.4 Å². The maximum atomic E-state index is 13.1. The number of thiophene rings is 1. The third kappa shape index (κ3) is 3.08. The average Bonchev–Trinajstić information content (AvgIpc) is 3.34. The number of fused-ring (bicyclic) bond motifs is 1. The molecule has 8 heteroatoms.